The molecule has 2 unspecified atom stereocenters. The first-order valence-corrected chi connectivity index (χ1v) is 6.98. The molecule has 1 aromatic carbocycles. The lowest BCUT2D eigenvalue weighted by Gasteiger charge is -2.16. The fraction of sp³-hybridized carbons (Fsp3) is 0.333. The number of benzene rings is 1. The highest BCUT2D eigenvalue weighted by atomic mass is 35.5. The Bertz CT molecular complexity index is 585. The van der Waals surface area contributed by atoms with Gasteiger partial charge in [0.05, 0.1) is 0 Å². The standard InChI is InChI=1S/C15H16ClNO4/c1-2-3-4-11(15(19)20)17-14(18)13-8-9-7-10(16)5-6-12(9)21-13/h2-3,5-7,11,13H,4,8H2,1H3,(H,17,18)(H,19,20)/b3-2+. The zero-order chi connectivity index (χ0) is 15.4. The minimum atomic E-state index is -1.07. The van der Waals surface area contributed by atoms with Gasteiger partial charge in [-0.25, -0.2) is 4.79 Å². The maximum absolute atomic E-state index is 12.1. The maximum Gasteiger partial charge on any atom is 0.326 e. The summed E-state index contributed by atoms with van der Waals surface area (Å²) in [5.41, 5.74) is 0.850. The number of carbonyl (C=O) groups is 2. The second kappa shape index (κ2) is 6.63. The molecule has 1 aliphatic heterocycles. The van der Waals surface area contributed by atoms with E-state index in [1.165, 1.54) is 0 Å². The number of aliphatic carboxylic acids is 1. The molecule has 2 rings (SSSR count). The third-order valence-electron chi connectivity index (χ3n) is 3.21. The van der Waals surface area contributed by atoms with Crippen molar-refractivity contribution in [3.8, 4) is 5.75 Å². The summed E-state index contributed by atoms with van der Waals surface area (Å²) in [5.74, 6) is -0.890. The lowest BCUT2D eigenvalue weighted by molar-refractivity contribution is -0.142. The molecule has 1 amide bonds. The molecule has 6 heteroatoms. The molecule has 1 heterocycles. The molecule has 2 N–H and O–H groups in total. The van der Waals surface area contributed by atoms with Crippen LogP contribution < -0.4 is 10.1 Å². The van der Waals surface area contributed by atoms with Gasteiger partial charge in [0, 0.05) is 11.4 Å². The van der Waals surface area contributed by atoms with Gasteiger partial charge in [-0.05, 0) is 37.1 Å². The summed E-state index contributed by atoms with van der Waals surface area (Å²) in [4.78, 5) is 23.2. The summed E-state index contributed by atoms with van der Waals surface area (Å²) < 4.78 is 5.53. The van der Waals surface area contributed by atoms with Gasteiger partial charge in [-0.15, -0.1) is 0 Å². The molecule has 0 saturated heterocycles. The number of halogens is 1. The first-order chi connectivity index (χ1) is 10.0. The third-order valence-corrected chi connectivity index (χ3v) is 3.45. The number of amides is 1. The number of hydrogen-bond acceptors (Lipinski definition) is 3. The van der Waals surface area contributed by atoms with Crippen molar-refractivity contribution >= 4 is 23.5 Å². The topological polar surface area (TPSA) is 75.6 Å². The number of carboxylic acid groups (broad SMARTS) is 1. The Hall–Kier alpha value is -2.01. The molecular weight excluding hydrogens is 294 g/mol. The van der Waals surface area contributed by atoms with Crippen LogP contribution in [0.2, 0.25) is 5.02 Å². The van der Waals surface area contributed by atoms with Crippen LogP contribution >= 0.6 is 11.6 Å². The summed E-state index contributed by atoms with van der Waals surface area (Å²) in [5, 5.41) is 12.2. The molecule has 112 valence electrons. The zero-order valence-corrected chi connectivity index (χ0v) is 12.3. The Morgan fingerprint density at radius 2 is 2.33 bits per heavy atom. The van der Waals surface area contributed by atoms with Crippen LogP contribution in [0.25, 0.3) is 0 Å². The molecule has 21 heavy (non-hydrogen) atoms. The van der Waals surface area contributed by atoms with E-state index in [0.29, 0.717) is 17.2 Å². The lowest BCUT2D eigenvalue weighted by Crippen LogP contribution is -2.46. The van der Waals surface area contributed by atoms with Gasteiger partial charge in [0.15, 0.2) is 6.10 Å². The van der Waals surface area contributed by atoms with Crippen molar-refractivity contribution in [3.05, 3.63) is 40.9 Å². The highest BCUT2D eigenvalue weighted by Crippen LogP contribution is 2.31. The van der Waals surface area contributed by atoms with Gasteiger partial charge in [-0.3, -0.25) is 4.79 Å². The van der Waals surface area contributed by atoms with Crippen LogP contribution in [0.15, 0.2) is 30.4 Å². The third kappa shape index (κ3) is 3.76. The van der Waals surface area contributed by atoms with E-state index in [9.17, 15) is 9.59 Å². The monoisotopic (exact) mass is 309 g/mol. The van der Waals surface area contributed by atoms with Crippen molar-refractivity contribution < 1.29 is 19.4 Å². The number of carbonyl (C=O) groups excluding carboxylic acids is 1. The SMILES string of the molecule is C/C=C/CC(NC(=O)C1Cc2cc(Cl)ccc2O1)C(=O)O. The molecule has 0 spiro atoms. The minimum Gasteiger partial charge on any atom is -0.480 e. The van der Waals surface area contributed by atoms with Gasteiger partial charge in [0.2, 0.25) is 0 Å². The Kier molecular flexibility index (Phi) is 4.85. The van der Waals surface area contributed by atoms with Crippen LogP contribution in [0.1, 0.15) is 18.9 Å². The normalized spacial score (nSPS) is 18.1. The molecule has 0 aromatic heterocycles. The number of rotatable bonds is 5. The van der Waals surface area contributed by atoms with E-state index in [-0.39, 0.29) is 6.42 Å². The lowest BCUT2D eigenvalue weighted by atomic mass is 10.1. The summed E-state index contributed by atoms with van der Waals surface area (Å²) in [6.45, 7) is 1.79. The predicted octanol–water partition coefficient (Wildman–Crippen LogP) is 2.18. The van der Waals surface area contributed by atoms with Gasteiger partial charge in [0.1, 0.15) is 11.8 Å². The van der Waals surface area contributed by atoms with Crippen molar-refractivity contribution in [1.29, 1.82) is 0 Å². The average Bonchev–Trinajstić information content (AvgIpc) is 2.85. The fourth-order valence-corrected chi connectivity index (χ4v) is 2.32. The van der Waals surface area contributed by atoms with Crippen LogP contribution in [0, 0.1) is 0 Å². The largest absolute Gasteiger partial charge is 0.480 e. The maximum atomic E-state index is 12.1. The van der Waals surface area contributed by atoms with Crippen LogP contribution in [0.3, 0.4) is 0 Å². The van der Waals surface area contributed by atoms with Crippen LogP contribution in [0.4, 0.5) is 0 Å². The van der Waals surface area contributed by atoms with Crippen molar-refractivity contribution in [2.24, 2.45) is 0 Å². The smallest absolute Gasteiger partial charge is 0.326 e. The molecule has 1 aliphatic rings. The summed E-state index contributed by atoms with van der Waals surface area (Å²) in [7, 11) is 0. The van der Waals surface area contributed by atoms with E-state index in [4.69, 9.17) is 21.4 Å². The van der Waals surface area contributed by atoms with Crippen molar-refractivity contribution in [2.45, 2.75) is 31.9 Å². The summed E-state index contributed by atoms with van der Waals surface area (Å²) in [6, 6.07) is 4.19. The second-order valence-corrected chi connectivity index (χ2v) is 5.20. The van der Waals surface area contributed by atoms with Gasteiger partial charge in [-0.2, -0.15) is 0 Å². The number of ether oxygens (including phenoxy) is 1. The van der Waals surface area contributed by atoms with Crippen molar-refractivity contribution in [2.75, 3.05) is 0 Å². The first-order valence-electron chi connectivity index (χ1n) is 6.60. The number of carboxylic acids is 1. The summed E-state index contributed by atoms with van der Waals surface area (Å²) in [6.07, 6.45) is 3.35. The Labute approximate surface area is 127 Å². The van der Waals surface area contributed by atoms with E-state index in [2.05, 4.69) is 5.32 Å². The Morgan fingerprint density at radius 3 is 3.00 bits per heavy atom. The van der Waals surface area contributed by atoms with Crippen molar-refractivity contribution in [3.63, 3.8) is 0 Å². The molecule has 0 fully saturated rings. The molecule has 0 bridgehead atoms. The quantitative estimate of drug-likeness (QED) is 0.817. The molecule has 2 atom stereocenters. The van der Waals surface area contributed by atoms with E-state index in [1.54, 1.807) is 37.3 Å². The Balaban J connectivity index is 2.00. The molecule has 0 saturated carbocycles. The van der Waals surface area contributed by atoms with E-state index in [0.717, 1.165) is 5.56 Å². The molecule has 5 nitrogen and oxygen atoms in total. The van der Waals surface area contributed by atoms with Gasteiger partial charge < -0.3 is 15.2 Å². The molecular formula is C15H16ClNO4. The van der Waals surface area contributed by atoms with Crippen LogP contribution in [-0.2, 0) is 16.0 Å². The molecule has 0 radical (unpaired) electrons. The van der Waals surface area contributed by atoms with Crippen LogP contribution in [-0.4, -0.2) is 29.1 Å². The van der Waals surface area contributed by atoms with Gasteiger partial charge >= 0.3 is 5.97 Å². The van der Waals surface area contributed by atoms with Crippen LogP contribution in [0.5, 0.6) is 5.75 Å². The second-order valence-electron chi connectivity index (χ2n) is 4.77. The number of nitrogens with one attached hydrogen (secondary N) is 1. The van der Waals surface area contributed by atoms with E-state index < -0.39 is 24.0 Å². The molecule has 1 aromatic rings. The fourth-order valence-electron chi connectivity index (χ4n) is 2.12. The minimum absolute atomic E-state index is 0.239. The van der Waals surface area contributed by atoms with Gasteiger partial charge in [-0.1, -0.05) is 23.8 Å². The van der Waals surface area contributed by atoms with E-state index in [1.807, 2.05) is 0 Å². The average molecular weight is 310 g/mol. The predicted molar refractivity (Wildman–Crippen MR) is 78.6 cm³/mol. The summed E-state index contributed by atoms with van der Waals surface area (Å²) >= 11 is 5.89. The first kappa shape index (κ1) is 15.4. The number of hydrogen-bond donors (Lipinski definition) is 2. The highest BCUT2D eigenvalue weighted by molar-refractivity contribution is 6.30. The molecule has 0 aliphatic carbocycles. The van der Waals surface area contributed by atoms with Crippen molar-refractivity contribution in [1.82, 2.24) is 5.32 Å². The van der Waals surface area contributed by atoms with E-state index >= 15 is 0 Å². The zero-order valence-electron chi connectivity index (χ0n) is 11.5. The number of fused-ring (bicyclic) bond motifs is 1. The Morgan fingerprint density at radius 1 is 1.57 bits per heavy atom. The highest BCUT2D eigenvalue weighted by Gasteiger charge is 2.31. The number of allylic oxidation sites excluding steroid dienone is 1. The van der Waals surface area contributed by atoms with Gasteiger partial charge in [0.25, 0.3) is 5.91 Å².